The SMILES string of the molecule is CC(C)Oc1ccc(C2CC23CCN(C2CCN(C(=O)c4cccc(Cl)c4Cl)CC2)CC3)cc1. The predicted molar refractivity (Wildman–Crippen MR) is 138 cm³/mol. The molecule has 3 fully saturated rings. The molecule has 1 unspecified atom stereocenters. The minimum atomic E-state index is -0.00539. The van der Waals surface area contributed by atoms with Gasteiger partial charge < -0.3 is 14.5 Å². The van der Waals surface area contributed by atoms with Crippen molar-refractivity contribution in [3.8, 4) is 5.75 Å². The van der Waals surface area contributed by atoms with Gasteiger partial charge in [-0.3, -0.25) is 4.79 Å². The number of amides is 1. The summed E-state index contributed by atoms with van der Waals surface area (Å²) in [6.45, 7) is 8.03. The topological polar surface area (TPSA) is 32.8 Å². The molecule has 6 heteroatoms. The van der Waals surface area contributed by atoms with Crippen LogP contribution in [0.5, 0.6) is 5.75 Å². The van der Waals surface area contributed by atoms with Crippen LogP contribution in [0.15, 0.2) is 42.5 Å². The molecule has 2 heterocycles. The maximum absolute atomic E-state index is 13.0. The summed E-state index contributed by atoms with van der Waals surface area (Å²) in [5.74, 6) is 1.66. The van der Waals surface area contributed by atoms with Crippen LogP contribution in [0, 0.1) is 5.41 Å². The molecule has 0 bridgehead atoms. The monoisotopic (exact) mass is 500 g/mol. The van der Waals surface area contributed by atoms with E-state index in [1.807, 2.05) is 4.90 Å². The number of hydrogen-bond donors (Lipinski definition) is 0. The standard InChI is InChI=1S/C28H34Cl2N2O2/c1-19(2)34-22-8-6-20(7-9-22)24-18-28(24)12-16-31(17-13-28)21-10-14-32(15-11-21)27(33)23-4-3-5-25(29)26(23)30/h3-9,19,21,24H,10-18H2,1-2H3. The van der Waals surface area contributed by atoms with E-state index in [0.29, 0.717) is 33.0 Å². The Morgan fingerprint density at radius 3 is 2.32 bits per heavy atom. The molecule has 2 aromatic carbocycles. The van der Waals surface area contributed by atoms with E-state index < -0.39 is 0 Å². The molecule has 4 nitrogen and oxygen atoms in total. The third kappa shape index (κ3) is 4.82. The van der Waals surface area contributed by atoms with Crippen molar-refractivity contribution in [3.63, 3.8) is 0 Å². The van der Waals surface area contributed by atoms with Gasteiger partial charge in [0.2, 0.25) is 0 Å². The summed E-state index contributed by atoms with van der Waals surface area (Å²) >= 11 is 12.4. The average molecular weight is 501 g/mol. The predicted octanol–water partition coefficient (Wildman–Crippen LogP) is 6.65. The summed E-state index contributed by atoms with van der Waals surface area (Å²) in [7, 11) is 0. The van der Waals surface area contributed by atoms with Crippen LogP contribution < -0.4 is 4.74 Å². The van der Waals surface area contributed by atoms with E-state index in [-0.39, 0.29) is 12.0 Å². The van der Waals surface area contributed by atoms with Gasteiger partial charge in [0.05, 0.1) is 21.7 Å². The van der Waals surface area contributed by atoms with Crippen molar-refractivity contribution in [1.29, 1.82) is 0 Å². The number of nitrogens with zero attached hydrogens (tertiary/aromatic N) is 2. The number of ether oxygens (including phenoxy) is 1. The molecule has 0 N–H and O–H groups in total. The number of carbonyl (C=O) groups is 1. The molecule has 3 aliphatic rings. The van der Waals surface area contributed by atoms with Crippen molar-refractivity contribution in [2.75, 3.05) is 26.2 Å². The molecule has 182 valence electrons. The van der Waals surface area contributed by atoms with Crippen LogP contribution in [0.2, 0.25) is 10.0 Å². The van der Waals surface area contributed by atoms with Crippen molar-refractivity contribution in [2.24, 2.45) is 5.41 Å². The first kappa shape index (κ1) is 24.0. The van der Waals surface area contributed by atoms with Crippen LogP contribution in [0.4, 0.5) is 0 Å². The first-order chi connectivity index (χ1) is 16.4. The fraction of sp³-hybridized carbons (Fsp3) is 0.536. The summed E-state index contributed by atoms with van der Waals surface area (Å²) in [5, 5.41) is 0.793. The molecular weight excluding hydrogens is 467 g/mol. The second-order valence-corrected chi connectivity index (χ2v) is 11.3. The molecule has 5 rings (SSSR count). The number of rotatable bonds is 5. The zero-order valence-electron chi connectivity index (χ0n) is 20.1. The van der Waals surface area contributed by atoms with Gasteiger partial charge in [0.1, 0.15) is 5.75 Å². The number of halogens is 2. The van der Waals surface area contributed by atoms with Gasteiger partial charge in [0, 0.05) is 19.1 Å². The lowest BCUT2D eigenvalue weighted by Crippen LogP contribution is -2.49. The molecular formula is C28H34Cl2N2O2. The van der Waals surface area contributed by atoms with E-state index in [9.17, 15) is 4.79 Å². The Bertz CT molecular complexity index is 1020. The van der Waals surface area contributed by atoms with E-state index in [2.05, 4.69) is 43.0 Å². The number of hydrogen-bond acceptors (Lipinski definition) is 3. The lowest BCUT2D eigenvalue weighted by molar-refractivity contribution is 0.0532. The number of benzene rings is 2. The summed E-state index contributed by atoms with van der Waals surface area (Å²) in [6, 6.07) is 14.6. The quantitative estimate of drug-likeness (QED) is 0.460. The first-order valence-electron chi connectivity index (χ1n) is 12.6. The second-order valence-electron chi connectivity index (χ2n) is 10.5. The summed E-state index contributed by atoms with van der Waals surface area (Å²) in [4.78, 5) is 17.6. The molecule has 2 saturated heterocycles. The van der Waals surface area contributed by atoms with Gasteiger partial charge in [-0.05, 0) is 100 Å². The Morgan fingerprint density at radius 1 is 1.00 bits per heavy atom. The molecule has 1 aliphatic carbocycles. The minimum absolute atomic E-state index is 0.00539. The normalized spacial score (nSPS) is 22.9. The average Bonchev–Trinajstić information content (AvgIpc) is 3.54. The smallest absolute Gasteiger partial charge is 0.255 e. The Balaban J connectivity index is 1.11. The number of likely N-dealkylation sites (tertiary alicyclic amines) is 2. The zero-order chi connectivity index (χ0) is 23.9. The van der Waals surface area contributed by atoms with E-state index in [0.717, 1.165) is 31.7 Å². The highest BCUT2D eigenvalue weighted by molar-refractivity contribution is 6.43. The van der Waals surface area contributed by atoms with Gasteiger partial charge in [0.25, 0.3) is 5.91 Å². The molecule has 0 radical (unpaired) electrons. The summed E-state index contributed by atoms with van der Waals surface area (Å²) in [6.07, 6.45) is 6.13. The van der Waals surface area contributed by atoms with E-state index in [4.69, 9.17) is 27.9 Å². The zero-order valence-corrected chi connectivity index (χ0v) is 21.6. The Labute approximate surface area is 213 Å². The summed E-state index contributed by atoms with van der Waals surface area (Å²) in [5.41, 5.74) is 2.48. The highest BCUT2D eigenvalue weighted by Gasteiger charge is 2.55. The van der Waals surface area contributed by atoms with Crippen molar-refractivity contribution in [3.05, 3.63) is 63.6 Å². The maximum atomic E-state index is 13.0. The van der Waals surface area contributed by atoms with Crippen molar-refractivity contribution >= 4 is 29.1 Å². The third-order valence-electron chi connectivity index (χ3n) is 8.09. The van der Waals surface area contributed by atoms with E-state index in [1.54, 1.807) is 18.2 Å². The van der Waals surface area contributed by atoms with Gasteiger partial charge in [-0.25, -0.2) is 0 Å². The molecule has 2 aliphatic heterocycles. The Kier molecular flexibility index (Phi) is 6.85. The largest absolute Gasteiger partial charge is 0.491 e. The molecule has 0 aromatic heterocycles. The fourth-order valence-corrected chi connectivity index (χ4v) is 6.41. The van der Waals surface area contributed by atoms with Crippen LogP contribution >= 0.6 is 23.2 Å². The van der Waals surface area contributed by atoms with Crippen molar-refractivity contribution in [2.45, 2.75) is 64.0 Å². The minimum Gasteiger partial charge on any atom is -0.491 e. The third-order valence-corrected chi connectivity index (χ3v) is 8.91. The molecule has 34 heavy (non-hydrogen) atoms. The molecule has 2 aromatic rings. The lowest BCUT2D eigenvalue weighted by Gasteiger charge is -2.42. The Morgan fingerprint density at radius 2 is 1.68 bits per heavy atom. The lowest BCUT2D eigenvalue weighted by atomic mass is 9.87. The van der Waals surface area contributed by atoms with Crippen LogP contribution in [0.3, 0.4) is 0 Å². The summed E-state index contributed by atoms with van der Waals surface area (Å²) < 4.78 is 5.80. The van der Waals surface area contributed by atoms with Gasteiger partial charge in [-0.2, -0.15) is 0 Å². The van der Waals surface area contributed by atoms with Crippen LogP contribution in [-0.4, -0.2) is 54.0 Å². The number of carbonyl (C=O) groups excluding carboxylic acids is 1. The van der Waals surface area contributed by atoms with Crippen molar-refractivity contribution in [1.82, 2.24) is 9.80 Å². The highest BCUT2D eigenvalue weighted by atomic mass is 35.5. The molecule has 1 atom stereocenters. The maximum Gasteiger partial charge on any atom is 0.255 e. The van der Waals surface area contributed by atoms with Crippen LogP contribution in [0.1, 0.15) is 67.8 Å². The van der Waals surface area contributed by atoms with E-state index in [1.165, 1.54) is 37.9 Å². The van der Waals surface area contributed by atoms with Gasteiger partial charge in [0.15, 0.2) is 0 Å². The second kappa shape index (κ2) is 9.72. The van der Waals surface area contributed by atoms with Gasteiger partial charge in [-0.15, -0.1) is 0 Å². The van der Waals surface area contributed by atoms with Gasteiger partial charge in [-0.1, -0.05) is 41.4 Å². The highest BCUT2D eigenvalue weighted by Crippen LogP contribution is 2.65. The molecule has 1 saturated carbocycles. The van der Waals surface area contributed by atoms with Crippen molar-refractivity contribution < 1.29 is 9.53 Å². The van der Waals surface area contributed by atoms with Crippen LogP contribution in [-0.2, 0) is 0 Å². The first-order valence-corrected chi connectivity index (χ1v) is 13.4. The van der Waals surface area contributed by atoms with Gasteiger partial charge >= 0.3 is 0 Å². The number of piperidine rings is 2. The molecule has 1 spiro atoms. The van der Waals surface area contributed by atoms with Crippen LogP contribution in [0.25, 0.3) is 0 Å². The Hall–Kier alpha value is -1.75. The fourth-order valence-electron chi connectivity index (χ4n) is 6.03. The molecule has 1 amide bonds. The van der Waals surface area contributed by atoms with E-state index >= 15 is 0 Å².